The predicted molar refractivity (Wildman–Crippen MR) is 85.6 cm³/mol. The topological polar surface area (TPSA) is 24.1 Å². The van der Waals surface area contributed by atoms with Crippen LogP contribution >= 0.6 is 0 Å². The molecule has 1 aromatic rings. The van der Waals surface area contributed by atoms with Crippen LogP contribution in [0.2, 0.25) is 0 Å². The number of piperidine rings is 1. The van der Waals surface area contributed by atoms with E-state index in [0.29, 0.717) is 0 Å². The summed E-state index contributed by atoms with van der Waals surface area (Å²) < 4.78 is 0. The molecule has 2 aliphatic rings. The molecule has 3 rings (SSSR count). The lowest BCUT2D eigenvalue weighted by Gasteiger charge is -2.24. The minimum Gasteiger partial charge on any atom is -0.317 e. The lowest BCUT2D eigenvalue weighted by Crippen LogP contribution is -2.41. The molecule has 0 amide bonds. The Morgan fingerprint density at radius 2 is 2.00 bits per heavy atom. The normalized spacial score (nSPS) is 27.6. The van der Waals surface area contributed by atoms with Crippen molar-refractivity contribution in [2.75, 3.05) is 13.1 Å². The van der Waals surface area contributed by atoms with E-state index < -0.39 is 0 Å². The Bertz CT molecular complexity index is 446. The molecule has 2 heteroatoms. The number of rotatable bonds is 5. The van der Waals surface area contributed by atoms with Gasteiger partial charge in [0.05, 0.1) is 0 Å². The summed E-state index contributed by atoms with van der Waals surface area (Å²) in [5.41, 5.74) is 2.96. The van der Waals surface area contributed by atoms with Crippen molar-refractivity contribution in [3.63, 3.8) is 0 Å². The van der Waals surface area contributed by atoms with E-state index in [-0.39, 0.29) is 0 Å². The first-order chi connectivity index (χ1) is 9.86. The van der Waals surface area contributed by atoms with Gasteiger partial charge in [-0.2, -0.15) is 0 Å². The van der Waals surface area contributed by atoms with Gasteiger partial charge in [-0.3, -0.25) is 0 Å². The maximum atomic E-state index is 3.86. The molecule has 2 N–H and O–H groups in total. The monoisotopic (exact) mass is 270 g/mol. The maximum Gasteiger partial charge on any atom is 0.0142 e. The Labute approximate surface area is 122 Å². The fourth-order valence-corrected chi connectivity index (χ4v) is 3.31. The zero-order valence-electron chi connectivity index (χ0n) is 12.4. The fourth-order valence-electron chi connectivity index (χ4n) is 3.31. The summed E-state index contributed by atoms with van der Waals surface area (Å²) in [4.78, 5) is 0. The van der Waals surface area contributed by atoms with Gasteiger partial charge in [0.2, 0.25) is 0 Å². The second kappa shape index (κ2) is 6.55. The molecule has 2 atom stereocenters. The van der Waals surface area contributed by atoms with Gasteiger partial charge in [0.1, 0.15) is 0 Å². The third kappa shape index (κ3) is 3.50. The zero-order valence-corrected chi connectivity index (χ0v) is 12.4. The zero-order chi connectivity index (χ0) is 13.8. The highest BCUT2D eigenvalue weighted by atomic mass is 15.0. The summed E-state index contributed by atoms with van der Waals surface area (Å²) in [6, 6.07) is 12.2. The van der Waals surface area contributed by atoms with E-state index in [9.17, 15) is 0 Å². The Kier molecular flexibility index (Phi) is 4.54. The van der Waals surface area contributed by atoms with Crippen LogP contribution in [0.5, 0.6) is 0 Å². The summed E-state index contributed by atoms with van der Waals surface area (Å²) in [6.07, 6.45) is 7.47. The second-order valence-electron chi connectivity index (χ2n) is 6.12. The van der Waals surface area contributed by atoms with E-state index in [2.05, 4.69) is 54.0 Å². The van der Waals surface area contributed by atoms with E-state index in [0.717, 1.165) is 18.0 Å². The smallest absolute Gasteiger partial charge is 0.0142 e. The van der Waals surface area contributed by atoms with Crippen LogP contribution in [0.25, 0.3) is 6.08 Å². The molecular weight excluding hydrogens is 244 g/mol. The molecule has 0 aromatic heterocycles. The highest BCUT2D eigenvalue weighted by molar-refractivity contribution is 5.54. The fraction of sp³-hybridized carbons (Fsp3) is 0.556. The molecule has 1 aromatic carbocycles. The standard InChI is InChI=1S/C18H26N2/c1-2-15(12-14-6-4-3-5-7-14)17-13-18(17)20-16-8-10-19-11-9-16/h3-7,12,16-20H,2,8-11,13H2,1H3/b15-12+/t17-,18+/m0/s1. The van der Waals surface area contributed by atoms with E-state index in [4.69, 9.17) is 0 Å². The molecule has 2 nitrogen and oxygen atoms in total. The highest BCUT2D eigenvalue weighted by Gasteiger charge is 2.40. The SMILES string of the molecule is CC/C(=C\c1ccccc1)[C@@H]1C[C@H]1NC1CCNCC1. The van der Waals surface area contributed by atoms with Gasteiger partial charge in [-0.15, -0.1) is 0 Å². The lowest BCUT2D eigenvalue weighted by molar-refractivity contribution is 0.381. The van der Waals surface area contributed by atoms with Crippen LogP contribution in [0.4, 0.5) is 0 Å². The van der Waals surface area contributed by atoms with Crippen LogP contribution in [0, 0.1) is 5.92 Å². The Hall–Kier alpha value is -1.12. The van der Waals surface area contributed by atoms with E-state index in [1.807, 2.05) is 0 Å². The van der Waals surface area contributed by atoms with Gasteiger partial charge in [0, 0.05) is 12.1 Å². The van der Waals surface area contributed by atoms with Crippen molar-refractivity contribution in [2.45, 2.75) is 44.7 Å². The molecule has 108 valence electrons. The van der Waals surface area contributed by atoms with Crippen molar-refractivity contribution >= 4 is 6.08 Å². The van der Waals surface area contributed by atoms with Crippen LogP contribution in [0.3, 0.4) is 0 Å². The minimum atomic E-state index is 0.730. The molecule has 1 saturated heterocycles. The number of benzene rings is 1. The molecule has 1 heterocycles. The molecule has 1 aliphatic carbocycles. The van der Waals surface area contributed by atoms with Gasteiger partial charge >= 0.3 is 0 Å². The van der Waals surface area contributed by atoms with Crippen LogP contribution in [0.15, 0.2) is 35.9 Å². The summed E-state index contributed by atoms with van der Waals surface area (Å²) >= 11 is 0. The Morgan fingerprint density at radius 3 is 2.70 bits per heavy atom. The predicted octanol–water partition coefficient (Wildman–Crippen LogP) is 3.21. The number of hydrogen-bond donors (Lipinski definition) is 2. The molecular formula is C18H26N2. The quantitative estimate of drug-likeness (QED) is 0.858. The van der Waals surface area contributed by atoms with Crippen LogP contribution < -0.4 is 10.6 Å². The Balaban J connectivity index is 1.57. The first-order valence-corrected chi connectivity index (χ1v) is 8.09. The number of hydrogen-bond acceptors (Lipinski definition) is 2. The summed E-state index contributed by atoms with van der Waals surface area (Å²) in [5.74, 6) is 0.773. The van der Waals surface area contributed by atoms with Crippen LogP contribution in [-0.4, -0.2) is 25.2 Å². The maximum absolute atomic E-state index is 3.86. The molecule has 20 heavy (non-hydrogen) atoms. The third-order valence-corrected chi connectivity index (χ3v) is 4.62. The van der Waals surface area contributed by atoms with Gasteiger partial charge in [-0.25, -0.2) is 0 Å². The highest BCUT2D eigenvalue weighted by Crippen LogP contribution is 2.40. The molecule has 0 spiro atoms. The van der Waals surface area contributed by atoms with Gasteiger partial charge < -0.3 is 10.6 Å². The summed E-state index contributed by atoms with van der Waals surface area (Å²) in [6.45, 7) is 4.64. The van der Waals surface area contributed by atoms with Gasteiger partial charge in [-0.05, 0) is 50.3 Å². The van der Waals surface area contributed by atoms with Crippen molar-refractivity contribution < 1.29 is 0 Å². The minimum absolute atomic E-state index is 0.730. The molecule has 0 unspecified atom stereocenters. The molecule has 0 radical (unpaired) electrons. The molecule has 0 bridgehead atoms. The summed E-state index contributed by atoms with van der Waals surface area (Å²) in [7, 11) is 0. The third-order valence-electron chi connectivity index (χ3n) is 4.62. The van der Waals surface area contributed by atoms with Crippen molar-refractivity contribution in [3.05, 3.63) is 41.5 Å². The van der Waals surface area contributed by atoms with Crippen molar-refractivity contribution in [2.24, 2.45) is 5.92 Å². The average Bonchev–Trinajstić information content (AvgIpc) is 3.26. The Morgan fingerprint density at radius 1 is 1.25 bits per heavy atom. The second-order valence-corrected chi connectivity index (χ2v) is 6.12. The van der Waals surface area contributed by atoms with Gasteiger partial charge in [0.15, 0.2) is 0 Å². The van der Waals surface area contributed by atoms with E-state index in [1.54, 1.807) is 5.57 Å². The van der Waals surface area contributed by atoms with Crippen LogP contribution in [-0.2, 0) is 0 Å². The average molecular weight is 270 g/mol. The molecule has 1 aliphatic heterocycles. The summed E-state index contributed by atoms with van der Waals surface area (Å²) in [5, 5.41) is 7.30. The van der Waals surface area contributed by atoms with Crippen molar-refractivity contribution in [3.8, 4) is 0 Å². The van der Waals surface area contributed by atoms with E-state index >= 15 is 0 Å². The van der Waals surface area contributed by atoms with Gasteiger partial charge in [-0.1, -0.05) is 48.9 Å². The van der Waals surface area contributed by atoms with Crippen LogP contribution in [0.1, 0.15) is 38.2 Å². The molecule has 2 fully saturated rings. The van der Waals surface area contributed by atoms with Crippen molar-refractivity contribution in [1.29, 1.82) is 0 Å². The van der Waals surface area contributed by atoms with Gasteiger partial charge in [0.25, 0.3) is 0 Å². The first-order valence-electron chi connectivity index (χ1n) is 8.09. The number of nitrogens with one attached hydrogen (secondary N) is 2. The lowest BCUT2D eigenvalue weighted by atomic mass is 10.0. The largest absolute Gasteiger partial charge is 0.317 e. The van der Waals surface area contributed by atoms with E-state index in [1.165, 1.54) is 44.3 Å². The van der Waals surface area contributed by atoms with Crippen molar-refractivity contribution in [1.82, 2.24) is 10.6 Å². The molecule has 1 saturated carbocycles. The first kappa shape index (κ1) is 13.8.